The third kappa shape index (κ3) is 3.60. The van der Waals surface area contributed by atoms with Crippen molar-refractivity contribution >= 4 is 24.8 Å². The normalized spacial score (nSPS) is 24.9. The van der Waals surface area contributed by atoms with Crippen LogP contribution in [0.25, 0.3) is 0 Å². The van der Waals surface area contributed by atoms with Crippen molar-refractivity contribution < 1.29 is 14.6 Å². The van der Waals surface area contributed by atoms with Crippen LogP contribution in [0.4, 0.5) is 0 Å². The molecule has 1 aliphatic heterocycles. The second kappa shape index (κ2) is 6.75. The fourth-order valence-electron chi connectivity index (χ4n) is 2.24. The first kappa shape index (κ1) is 15.8. The first-order valence-electron chi connectivity index (χ1n) is 6.41. The summed E-state index contributed by atoms with van der Waals surface area (Å²) in [6.45, 7) is 8.84. The summed E-state index contributed by atoms with van der Waals surface area (Å²) in [6.07, 6.45) is 0. The van der Waals surface area contributed by atoms with E-state index in [-0.39, 0.29) is 24.0 Å². The Hall–Kier alpha value is -0.295. The quantitative estimate of drug-likeness (QED) is 0.458. The summed E-state index contributed by atoms with van der Waals surface area (Å²) < 4.78 is 6.74. The maximum Gasteiger partial charge on any atom is 0.376 e. The molecule has 7 heteroatoms. The van der Waals surface area contributed by atoms with E-state index in [1.807, 2.05) is 18.7 Å². The number of hydrogen-bond acceptors (Lipinski definition) is 5. The average molecular weight is 277 g/mol. The molecule has 5 nitrogen and oxygen atoms in total. The number of carbonyl (C=O) groups excluding carboxylic acids is 1. The van der Waals surface area contributed by atoms with Gasteiger partial charge in [-0.15, -0.1) is 0 Å². The van der Waals surface area contributed by atoms with Gasteiger partial charge in [-0.1, -0.05) is 0 Å². The van der Waals surface area contributed by atoms with E-state index in [0.29, 0.717) is 19.7 Å². The lowest BCUT2D eigenvalue weighted by Crippen LogP contribution is -2.42. The van der Waals surface area contributed by atoms with Gasteiger partial charge < -0.3 is 14.6 Å². The van der Waals surface area contributed by atoms with Crippen molar-refractivity contribution in [3.63, 3.8) is 0 Å². The Morgan fingerprint density at radius 2 is 2.22 bits per heavy atom. The molecule has 1 fully saturated rings. The van der Waals surface area contributed by atoms with Crippen molar-refractivity contribution in [1.82, 2.24) is 9.23 Å². The largest absolute Gasteiger partial charge is 0.466 e. The fourth-order valence-corrected chi connectivity index (χ4v) is 2.43. The number of nitrogens with zero attached hydrogens (tertiary/aromatic N) is 2. The highest BCUT2D eigenvalue weighted by Gasteiger charge is 2.43. The van der Waals surface area contributed by atoms with Crippen LogP contribution in [0, 0.1) is 5.92 Å². The van der Waals surface area contributed by atoms with Crippen molar-refractivity contribution in [2.75, 3.05) is 19.7 Å². The van der Waals surface area contributed by atoms with E-state index >= 15 is 0 Å². The molecule has 0 saturated carbocycles. The molecule has 104 valence electrons. The van der Waals surface area contributed by atoms with E-state index in [1.165, 1.54) is 0 Å². The average Bonchev–Trinajstić information content (AvgIpc) is 2.72. The molecule has 0 aromatic heterocycles. The van der Waals surface area contributed by atoms with Gasteiger partial charge in [-0.3, -0.25) is 4.79 Å². The Bertz CT molecular complexity index is 291. The summed E-state index contributed by atoms with van der Waals surface area (Å²) >= 11 is 6.25. The van der Waals surface area contributed by atoms with Crippen molar-refractivity contribution in [1.29, 1.82) is 0 Å². The number of halogens is 1. The Morgan fingerprint density at radius 1 is 1.61 bits per heavy atom. The summed E-state index contributed by atoms with van der Waals surface area (Å²) in [7, 11) is -0.579. The molecule has 1 aliphatic rings. The van der Waals surface area contributed by atoms with Gasteiger partial charge in [0.05, 0.1) is 18.6 Å². The highest BCUT2D eigenvalue weighted by molar-refractivity contribution is 6.45. The molecule has 18 heavy (non-hydrogen) atoms. The standard InChI is InChI=1S/C11H22BClN2O3/c1-5-18-11(16)9-6-14(12(4)17)7-10(9)15(13)8(2)3/h8-10,17H,5-7H2,1-4H3/t9-,10-/m1/s1. The minimum absolute atomic E-state index is 0.125. The zero-order valence-electron chi connectivity index (χ0n) is 11.5. The van der Waals surface area contributed by atoms with Crippen LogP contribution in [-0.2, 0) is 9.53 Å². The van der Waals surface area contributed by atoms with Gasteiger partial charge in [0.1, 0.15) is 0 Å². The topological polar surface area (TPSA) is 53.0 Å². The number of esters is 1. The lowest BCUT2D eigenvalue weighted by molar-refractivity contribution is -0.148. The number of rotatable bonds is 5. The van der Waals surface area contributed by atoms with E-state index in [0.717, 1.165) is 0 Å². The molecular formula is C11H22BClN2O3. The molecule has 0 aliphatic carbocycles. The fraction of sp³-hybridized carbons (Fsp3) is 0.909. The number of ether oxygens (including phenoxy) is 1. The molecule has 1 rings (SSSR count). The predicted molar refractivity (Wildman–Crippen MR) is 72.1 cm³/mol. The van der Waals surface area contributed by atoms with Crippen LogP contribution < -0.4 is 0 Å². The molecule has 0 amide bonds. The van der Waals surface area contributed by atoms with Crippen LogP contribution in [0.15, 0.2) is 0 Å². The lowest BCUT2D eigenvalue weighted by Gasteiger charge is -2.28. The monoisotopic (exact) mass is 276 g/mol. The lowest BCUT2D eigenvalue weighted by atomic mass is 9.86. The maximum atomic E-state index is 11.9. The van der Waals surface area contributed by atoms with Gasteiger partial charge in [0, 0.05) is 19.1 Å². The van der Waals surface area contributed by atoms with E-state index in [1.54, 1.807) is 18.2 Å². The van der Waals surface area contributed by atoms with Crippen molar-refractivity contribution in [2.24, 2.45) is 5.92 Å². The second-order valence-electron chi connectivity index (χ2n) is 4.95. The maximum absolute atomic E-state index is 11.9. The van der Waals surface area contributed by atoms with Gasteiger partial charge in [-0.2, -0.15) is 0 Å². The van der Waals surface area contributed by atoms with Crippen LogP contribution in [0.1, 0.15) is 20.8 Å². The highest BCUT2D eigenvalue weighted by atomic mass is 35.5. The van der Waals surface area contributed by atoms with E-state index in [4.69, 9.17) is 16.5 Å². The Balaban J connectivity index is 2.79. The second-order valence-corrected chi connectivity index (χ2v) is 5.34. The first-order valence-corrected chi connectivity index (χ1v) is 6.75. The molecule has 2 atom stereocenters. The third-order valence-corrected chi connectivity index (χ3v) is 3.89. The summed E-state index contributed by atoms with van der Waals surface area (Å²) in [6, 6.07) is 0.00265. The van der Waals surface area contributed by atoms with Gasteiger partial charge >= 0.3 is 13.0 Å². The zero-order chi connectivity index (χ0) is 13.9. The van der Waals surface area contributed by atoms with Crippen LogP contribution in [0.3, 0.4) is 0 Å². The number of carbonyl (C=O) groups is 1. The SMILES string of the molecule is CCOC(=O)[C@@H]1CN(B(C)O)C[C@H]1N(Cl)C(C)C. The molecule has 0 aromatic carbocycles. The molecule has 0 radical (unpaired) electrons. The van der Waals surface area contributed by atoms with Crippen LogP contribution in [-0.4, -0.2) is 59.1 Å². The molecule has 0 spiro atoms. The molecule has 1 N–H and O–H groups in total. The number of hydrogen-bond donors (Lipinski definition) is 1. The van der Waals surface area contributed by atoms with E-state index < -0.39 is 7.05 Å². The van der Waals surface area contributed by atoms with Gasteiger partial charge in [0.25, 0.3) is 0 Å². The van der Waals surface area contributed by atoms with Crippen LogP contribution in [0.5, 0.6) is 0 Å². The molecule has 0 aromatic rings. The highest BCUT2D eigenvalue weighted by Crippen LogP contribution is 2.27. The first-order chi connectivity index (χ1) is 8.38. The molecule has 0 bridgehead atoms. The van der Waals surface area contributed by atoms with Crippen LogP contribution in [0.2, 0.25) is 6.82 Å². The summed E-state index contributed by atoms with van der Waals surface area (Å²) in [5.41, 5.74) is 0. The molecular weight excluding hydrogens is 254 g/mol. The summed E-state index contributed by atoms with van der Waals surface area (Å²) in [5.74, 6) is -0.545. The van der Waals surface area contributed by atoms with Crippen molar-refractivity contribution in [2.45, 2.75) is 39.7 Å². The smallest absolute Gasteiger partial charge is 0.376 e. The molecule has 0 unspecified atom stereocenters. The van der Waals surface area contributed by atoms with Gasteiger partial charge in [0.15, 0.2) is 0 Å². The van der Waals surface area contributed by atoms with E-state index in [2.05, 4.69) is 0 Å². The van der Waals surface area contributed by atoms with E-state index in [9.17, 15) is 9.82 Å². The minimum Gasteiger partial charge on any atom is -0.466 e. The minimum atomic E-state index is -0.579. The van der Waals surface area contributed by atoms with Crippen LogP contribution >= 0.6 is 11.8 Å². The predicted octanol–water partition coefficient (Wildman–Crippen LogP) is 0.824. The Morgan fingerprint density at radius 3 is 2.67 bits per heavy atom. The van der Waals surface area contributed by atoms with Gasteiger partial charge in [-0.25, -0.2) is 4.42 Å². The molecule has 1 heterocycles. The summed E-state index contributed by atoms with van der Waals surface area (Å²) in [4.78, 5) is 13.8. The Kier molecular flexibility index (Phi) is 5.91. The summed E-state index contributed by atoms with van der Waals surface area (Å²) in [5, 5.41) is 9.63. The third-order valence-electron chi connectivity index (χ3n) is 3.25. The molecule has 1 saturated heterocycles. The van der Waals surface area contributed by atoms with Gasteiger partial charge in [0.2, 0.25) is 0 Å². The zero-order valence-corrected chi connectivity index (χ0v) is 12.2. The Labute approximate surface area is 114 Å². The van der Waals surface area contributed by atoms with Crippen molar-refractivity contribution in [3.8, 4) is 0 Å². The van der Waals surface area contributed by atoms with Crippen molar-refractivity contribution in [3.05, 3.63) is 0 Å². The van der Waals surface area contributed by atoms with Gasteiger partial charge in [-0.05, 0) is 39.4 Å².